The number of halogens is 1. The molecule has 0 spiro atoms. The van der Waals surface area contributed by atoms with Crippen molar-refractivity contribution in [3.05, 3.63) is 29.6 Å². The molecule has 0 aliphatic carbocycles. The van der Waals surface area contributed by atoms with Crippen LogP contribution >= 0.6 is 0 Å². The van der Waals surface area contributed by atoms with E-state index in [1.165, 1.54) is 6.07 Å². The average Bonchev–Trinajstić information content (AvgIpc) is 2.46. The zero-order valence-corrected chi connectivity index (χ0v) is 12.0. The number of nitrogens with one attached hydrogen (secondary N) is 1. The van der Waals surface area contributed by atoms with Gasteiger partial charge < -0.3 is 16.0 Å². The van der Waals surface area contributed by atoms with Crippen molar-refractivity contribution in [3.63, 3.8) is 0 Å². The van der Waals surface area contributed by atoms with Gasteiger partial charge in [-0.15, -0.1) is 0 Å². The van der Waals surface area contributed by atoms with Crippen molar-refractivity contribution in [2.75, 3.05) is 25.0 Å². The number of piperidine rings is 1. The topological polar surface area (TPSA) is 58.4 Å². The predicted octanol–water partition coefficient (Wildman–Crippen LogP) is 1.81. The Morgan fingerprint density at radius 1 is 1.55 bits per heavy atom. The van der Waals surface area contributed by atoms with Gasteiger partial charge in [-0.1, -0.05) is 12.1 Å². The summed E-state index contributed by atoms with van der Waals surface area (Å²) in [6.45, 7) is 3.15. The zero-order chi connectivity index (χ0) is 14.7. The molecule has 1 fully saturated rings. The first-order valence-electron chi connectivity index (χ1n) is 7.05. The Morgan fingerprint density at radius 2 is 2.30 bits per heavy atom. The third kappa shape index (κ3) is 2.93. The van der Waals surface area contributed by atoms with Crippen molar-refractivity contribution in [2.45, 2.75) is 25.8 Å². The molecule has 2 rings (SSSR count). The van der Waals surface area contributed by atoms with Gasteiger partial charge in [-0.2, -0.15) is 0 Å². The minimum absolute atomic E-state index is 0.0217. The van der Waals surface area contributed by atoms with Crippen LogP contribution in [-0.2, 0) is 4.79 Å². The molecule has 1 amide bonds. The Balaban J connectivity index is 2.29. The predicted molar refractivity (Wildman–Crippen MR) is 78.0 cm³/mol. The quantitative estimate of drug-likeness (QED) is 0.887. The van der Waals surface area contributed by atoms with E-state index < -0.39 is 0 Å². The highest BCUT2D eigenvalue weighted by atomic mass is 19.1. The highest BCUT2D eigenvalue weighted by Gasteiger charge is 2.28. The maximum Gasteiger partial charge on any atom is 0.224 e. The van der Waals surface area contributed by atoms with Gasteiger partial charge in [-0.05, 0) is 31.4 Å². The summed E-state index contributed by atoms with van der Waals surface area (Å²) in [7, 11) is 1.64. The largest absolute Gasteiger partial charge is 0.368 e. The fraction of sp³-hybridized carbons (Fsp3) is 0.533. The SMILES string of the molecule is CNC(=O)C1CCCN(c2c(F)cccc2C(C)N)C1. The third-order valence-electron chi connectivity index (χ3n) is 3.86. The Morgan fingerprint density at radius 3 is 2.95 bits per heavy atom. The van der Waals surface area contributed by atoms with Gasteiger partial charge in [0.1, 0.15) is 5.82 Å². The second-order valence-corrected chi connectivity index (χ2v) is 5.37. The van der Waals surface area contributed by atoms with Crippen LogP contribution < -0.4 is 16.0 Å². The van der Waals surface area contributed by atoms with Gasteiger partial charge in [0.05, 0.1) is 11.6 Å². The Bertz CT molecular complexity index is 490. The zero-order valence-electron chi connectivity index (χ0n) is 12.0. The summed E-state index contributed by atoms with van der Waals surface area (Å²) in [4.78, 5) is 13.7. The van der Waals surface area contributed by atoms with Gasteiger partial charge in [0, 0.05) is 26.2 Å². The standard InChI is InChI=1S/C15H22FN3O/c1-10(17)12-6-3-7-13(16)14(12)19-8-4-5-11(9-19)15(20)18-2/h3,6-7,10-11H,4-5,8-9,17H2,1-2H3,(H,18,20). The van der Waals surface area contributed by atoms with Crippen LogP contribution in [0.2, 0.25) is 0 Å². The molecule has 1 aromatic rings. The number of hydrogen-bond donors (Lipinski definition) is 2. The number of benzene rings is 1. The lowest BCUT2D eigenvalue weighted by Crippen LogP contribution is -2.43. The van der Waals surface area contributed by atoms with Crippen molar-refractivity contribution in [1.29, 1.82) is 0 Å². The number of anilines is 1. The van der Waals surface area contributed by atoms with E-state index in [0.29, 0.717) is 12.2 Å². The molecule has 1 aliphatic heterocycles. The first-order valence-corrected chi connectivity index (χ1v) is 7.05. The Labute approximate surface area is 119 Å². The average molecular weight is 279 g/mol. The van der Waals surface area contributed by atoms with Crippen LogP contribution in [0.1, 0.15) is 31.4 Å². The molecule has 5 heteroatoms. The van der Waals surface area contributed by atoms with Gasteiger partial charge >= 0.3 is 0 Å². The molecule has 20 heavy (non-hydrogen) atoms. The van der Waals surface area contributed by atoms with Crippen LogP contribution in [0.3, 0.4) is 0 Å². The molecule has 1 heterocycles. The van der Waals surface area contributed by atoms with Crippen molar-refractivity contribution in [1.82, 2.24) is 5.32 Å². The van der Waals surface area contributed by atoms with E-state index in [0.717, 1.165) is 24.9 Å². The molecule has 0 radical (unpaired) electrons. The summed E-state index contributed by atoms with van der Waals surface area (Å²) < 4.78 is 14.2. The molecule has 1 aliphatic rings. The fourth-order valence-corrected chi connectivity index (χ4v) is 2.83. The van der Waals surface area contributed by atoms with Crippen molar-refractivity contribution in [3.8, 4) is 0 Å². The van der Waals surface area contributed by atoms with Crippen LogP contribution in [0.25, 0.3) is 0 Å². The van der Waals surface area contributed by atoms with E-state index in [4.69, 9.17) is 5.73 Å². The molecule has 110 valence electrons. The summed E-state index contributed by atoms with van der Waals surface area (Å²) in [5, 5.41) is 2.67. The monoisotopic (exact) mass is 279 g/mol. The van der Waals surface area contributed by atoms with Crippen LogP contribution in [0, 0.1) is 11.7 Å². The maximum atomic E-state index is 14.2. The Hall–Kier alpha value is -1.62. The van der Waals surface area contributed by atoms with Gasteiger partial charge in [0.2, 0.25) is 5.91 Å². The summed E-state index contributed by atoms with van der Waals surface area (Å²) in [6.07, 6.45) is 1.73. The molecule has 0 bridgehead atoms. The second kappa shape index (κ2) is 6.22. The van der Waals surface area contributed by atoms with Crippen molar-refractivity contribution < 1.29 is 9.18 Å². The summed E-state index contributed by atoms with van der Waals surface area (Å²) in [6, 6.07) is 4.75. The van der Waals surface area contributed by atoms with Crippen molar-refractivity contribution >= 4 is 11.6 Å². The van der Waals surface area contributed by atoms with E-state index in [1.807, 2.05) is 17.9 Å². The van der Waals surface area contributed by atoms with Gasteiger partial charge in [-0.3, -0.25) is 4.79 Å². The van der Waals surface area contributed by atoms with Crippen LogP contribution in [0.5, 0.6) is 0 Å². The molecule has 2 unspecified atom stereocenters. The highest BCUT2D eigenvalue weighted by Crippen LogP contribution is 2.31. The molecule has 2 atom stereocenters. The fourth-order valence-electron chi connectivity index (χ4n) is 2.83. The number of para-hydroxylation sites is 1. The molecule has 1 aromatic carbocycles. The summed E-state index contributed by atoms with van der Waals surface area (Å²) in [5.41, 5.74) is 7.28. The van der Waals surface area contributed by atoms with E-state index in [9.17, 15) is 9.18 Å². The van der Waals surface area contributed by atoms with E-state index in [1.54, 1.807) is 13.1 Å². The van der Waals surface area contributed by atoms with Crippen molar-refractivity contribution in [2.24, 2.45) is 11.7 Å². The van der Waals surface area contributed by atoms with E-state index in [-0.39, 0.29) is 23.7 Å². The second-order valence-electron chi connectivity index (χ2n) is 5.37. The normalized spacial score (nSPS) is 20.6. The smallest absolute Gasteiger partial charge is 0.224 e. The molecule has 0 saturated carbocycles. The number of nitrogens with zero attached hydrogens (tertiary/aromatic N) is 1. The summed E-state index contributed by atoms with van der Waals surface area (Å²) in [5.74, 6) is -0.333. The van der Waals surface area contributed by atoms with Crippen LogP contribution in [0.4, 0.5) is 10.1 Å². The maximum absolute atomic E-state index is 14.2. The van der Waals surface area contributed by atoms with E-state index >= 15 is 0 Å². The first-order chi connectivity index (χ1) is 9.54. The van der Waals surface area contributed by atoms with E-state index in [2.05, 4.69) is 5.32 Å². The number of amides is 1. The number of carbonyl (C=O) groups is 1. The lowest BCUT2D eigenvalue weighted by molar-refractivity contribution is -0.124. The summed E-state index contributed by atoms with van der Waals surface area (Å²) >= 11 is 0. The molecular weight excluding hydrogens is 257 g/mol. The lowest BCUT2D eigenvalue weighted by atomic mass is 9.95. The van der Waals surface area contributed by atoms with Gasteiger partial charge in [0.15, 0.2) is 0 Å². The number of rotatable bonds is 3. The Kier molecular flexibility index (Phi) is 4.60. The molecule has 4 nitrogen and oxygen atoms in total. The molecule has 3 N–H and O–H groups in total. The lowest BCUT2D eigenvalue weighted by Gasteiger charge is -2.35. The van der Waals surface area contributed by atoms with Gasteiger partial charge in [0.25, 0.3) is 0 Å². The molecule has 0 aromatic heterocycles. The molecule has 1 saturated heterocycles. The van der Waals surface area contributed by atoms with Crippen LogP contribution in [-0.4, -0.2) is 26.0 Å². The highest BCUT2D eigenvalue weighted by molar-refractivity contribution is 5.79. The minimum Gasteiger partial charge on any atom is -0.368 e. The number of nitrogens with two attached hydrogens (primary N) is 1. The van der Waals surface area contributed by atoms with Crippen LogP contribution in [0.15, 0.2) is 18.2 Å². The number of hydrogen-bond acceptors (Lipinski definition) is 3. The number of carbonyl (C=O) groups excluding carboxylic acids is 1. The minimum atomic E-state index is -0.266. The first kappa shape index (κ1) is 14.8. The third-order valence-corrected chi connectivity index (χ3v) is 3.86. The van der Waals surface area contributed by atoms with Gasteiger partial charge in [-0.25, -0.2) is 4.39 Å². The molecular formula is C15H22FN3O.